The smallest absolute Gasteiger partial charge is 0.414 e. The molecule has 0 bridgehead atoms. The van der Waals surface area contributed by atoms with Crippen LogP contribution in [0.5, 0.6) is 0 Å². The molecule has 2 fully saturated rings. The van der Waals surface area contributed by atoms with E-state index in [0.29, 0.717) is 6.54 Å². The first-order valence-electron chi connectivity index (χ1n) is 7.07. The highest BCUT2D eigenvalue weighted by atomic mass is 16.6. The second kappa shape index (κ2) is 4.52. The number of aryl methyl sites for hydroxylation is 1. The molecule has 0 aromatic heterocycles. The monoisotopic (exact) mass is 270 g/mol. The van der Waals surface area contributed by atoms with E-state index >= 15 is 0 Å². The molecule has 104 valence electrons. The number of amides is 1. The van der Waals surface area contributed by atoms with Gasteiger partial charge in [0.15, 0.2) is 0 Å². The maximum atomic E-state index is 11.9. The maximum absolute atomic E-state index is 11.9. The van der Waals surface area contributed by atoms with Crippen molar-refractivity contribution in [2.45, 2.75) is 44.8 Å². The summed E-state index contributed by atoms with van der Waals surface area (Å²) in [5.41, 5.74) is 2.77. The van der Waals surface area contributed by atoms with Crippen LogP contribution in [0.4, 0.5) is 10.5 Å². The van der Waals surface area contributed by atoms with Gasteiger partial charge in [0.05, 0.1) is 6.54 Å². The zero-order chi connectivity index (χ0) is 14.3. The first kappa shape index (κ1) is 13.0. The summed E-state index contributed by atoms with van der Waals surface area (Å²) in [6.07, 6.45) is 2.44. The van der Waals surface area contributed by atoms with Crippen molar-refractivity contribution in [3.8, 4) is 0 Å². The van der Waals surface area contributed by atoms with E-state index in [4.69, 9.17) is 11.3 Å². The molecule has 1 aromatic rings. The summed E-state index contributed by atoms with van der Waals surface area (Å²) in [5.74, 6) is 0. The van der Waals surface area contributed by atoms with Crippen molar-refractivity contribution in [3.05, 3.63) is 40.7 Å². The van der Waals surface area contributed by atoms with Crippen molar-refractivity contribution in [1.82, 2.24) is 0 Å². The molecule has 1 aromatic carbocycles. The molecule has 4 heteroatoms. The van der Waals surface area contributed by atoms with E-state index in [1.807, 2.05) is 32.0 Å². The molecule has 1 saturated carbocycles. The summed E-state index contributed by atoms with van der Waals surface area (Å²) >= 11 is 0. The molecule has 1 aliphatic heterocycles. The molecule has 1 heterocycles. The number of cyclic esters (lactones) is 1. The van der Waals surface area contributed by atoms with Gasteiger partial charge in [-0.2, -0.15) is 0 Å². The third kappa shape index (κ3) is 1.94. The number of benzene rings is 1. The highest BCUT2D eigenvalue weighted by Gasteiger charge is 2.53. The van der Waals surface area contributed by atoms with E-state index in [2.05, 4.69) is 4.85 Å². The molecule has 1 amide bonds. The fourth-order valence-corrected chi connectivity index (χ4v) is 2.84. The van der Waals surface area contributed by atoms with Gasteiger partial charge in [-0.05, 0) is 37.1 Å². The third-order valence-electron chi connectivity index (χ3n) is 4.29. The van der Waals surface area contributed by atoms with Gasteiger partial charge in [0.2, 0.25) is 0 Å². The van der Waals surface area contributed by atoms with Crippen LogP contribution in [-0.4, -0.2) is 18.7 Å². The number of rotatable bonds is 3. The van der Waals surface area contributed by atoms with E-state index in [-0.39, 0.29) is 17.7 Å². The number of ether oxygens (including phenoxy) is 1. The van der Waals surface area contributed by atoms with Crippen LogP contribution in [0.25, 0.3) is 4.85 Å². The van der Waals surface area contributed by atoms with Crippen LogP contribution < -0.4 is 4.90 Å². The Labute approximate surface area is 119 Å². The average molecular weight is 270 g/mol. The molecule has 0 unspecified atom stereocenters. The topological polar surface area (TPSA) is 33.9 Å². The number of carbonyl (C=O) groups excluding carboxylic acids is 1. The predicted octanol–water partition coefficient (Wildman–Crippen LogP) is 3.64. The molecular formula is C16H18N2O2. The molecule has 3 rings (SSSR count). The summed E-state index contributed by atoms with van der Waals surface area (Å²) in [6.45, 7) is 12.0. The predicted molar refractivity (Wildman–Crippen MR) is 76.6 cm³/mol. The summed E-state index contributed by atoms with van der Waals surface area (Å²) in [6, 6.07) is 5.94. The minimum atomic E-state index is -0.292. The van der Waals surface area contributed by atoms with Crippen LogP contribution in [-0.2, 0) is 10.3 Å². The Hall–Kier alpha value is -2.02. The lowest BCUT2D eigenvalue weighted by Gasteiger charge is -2.15. The largest absolute Gasteiger partial charge is 0.444 e. The molecule has 4 nitrogen and oxygen atoms in total. The average Bonchev–Trinajstić information content (AvgIpc) is 3.15. The summed E-state index contributed by atoms with van der Waals surface area (Å²) in [4.78, 5) is 17.3. The molecule has 2 aliphatic rings. The molecule has 1 saturated heterocycles. The van der Waals surface area contributed by atoms with E-state index < -0.39 is 0 Å². The number of hydrogen-bond donors (Lipinski definition) is 0. The molecule has 0 N–H and O–H groups in total. The lowest BCUT2D eigenvalue weighted by atomic mass is 9.99. The van der Waals surface area contributed by atoms with Crippen molar-refractivity contribution in [2.24, 2.45) is 0 Å². The maximum Gasteiger partial charge on any atom is 0.414 e. The standard InChI is InChI=1S/C16H18N2O2/c1-4-13-10-18(15(19)20-13)12-5-6-14(11(2)9-12)16(17-3)7-8-16/h5-6,9,13H,4,7-8,10H2,1-2H3/t13-/m0/s1. The van der Waals surface area contributed by atoms with Crippen molar-refractivity contribution < 1.29 is 9.53 Å². The number of anilines is 1. The molecule has 1 atom stereocenters. The molecule has 20 heavy (non-hydrogen) atoms. The van der Waals surface area contributed by atoms with Crippen LogP contribution in [0.2, 0.25) is 0 Å². The van der Waals surface area contributed by atoms with Crippen LogP contribution in [0, 0.1) is 13.5 Å². The zero-order valence-corrected chi connectivity index (χ0v) is 11.8. The highest BCUT2D eigenvalue weighted by molar-refractivity contribution is 5.89. The van der Waals surface area contributed by atoms with E-state index in [1.165, 1.54) is 0 Å². The van der Waals surface area contributed by atoms with Crippen molar-refractivity contribution in [1.29, 1.82) is 0 Å². The van der Waals surface area contributed by atoms with Gasteiger partial charge in [-0.3, -0.25) is 4.90 Å². The number of hydrogen-bond acceptors (Lipinski definition) is 2. The SMILES string of the molecule is [C-]#[N+]C1(c2ccc(N3C[C@H](CC)OC3=O)cc2C)CC1. The first-order valence-corrected chi connectivity index (χ1v) is 7.07. The van der Waals surface area contributed by atoms with Crippen molar-refractivity contribution in [3.63, 3.8) is 0 Å². The lowest BCUT2D eigenvalue weighted by Crippen LogP contribution is -2.24. The summed E-state index contributed by atoms with van der Waals surface area (Å²) in [7, 11) is 0. The highest BCUT2D eigenvalue weighted by Crippen LogP contribution is 2.51. The zero-order valence-electron chi connectivity index (χ0n) is 11.8. The Morgan fingerprint density at radius 1 is 1.50 bits per heavy atom. The minimum absolute atomic E-state index is 0.0134. The van der Waals surface area contributed by atoms with Gasteiger partial charge < -0.3 is 9.58 Å². The Bertz CT molecular complexity index is 599. The van der Waals surface area contributed by atoms with Gasteiger partial charge >= 0.3 is 6.09 Å². The first-order chi connectivity index (χ1) is 9.59. The number of nitrogens with zero attached hydrogens (tertiary/aromatic N) is 2. The minimum Gasteiger partial charge on any atom is -0.444 e. The fraction of sp³-hybridized carbons (Fsp3) is 0.500. The number of carbonyl (C=O) groups is 1. The normalized spacial score (nSPS) is 23.4. The fourth-order valence-electron chi connectivity index (χ4n) is 2.84. The third-order valence-corrected chi connectivity index (χ3v) is 4.29. The van der Waals surface area contributed by atoms with E-state index in [9.17, 15) is 4.79 Å². The second-order valence-electron chi connectivity index (χ2n) is 5.67. The van der Waals surface area contributed by atoms with Gasteiger partial charge in [0, 0.05) is 24.1 Å². The summed E-state index contributed by atoms with van der Waals surface area (Å²) < 4.78 is 5.29. The van der Waals surface area contributed by atoms with Crippen LogP contribution in [0.3, 0.4) is 0 Å². The Morgan fingerprint density at radius 3 is 2.75 bits per heavy atom. The van der Waals surface area contributed by atoms with Crippen LogP contribution in [0.15, 0.2) is 18.2 Å². The van der Waals surface area contributed by atoms with Crippen LogP contribution in [0.1, 0.15) is 37.3 Å². The second-order valence-corrected chi connectivity index (χ2v) is 5.67. The molecular weight excluding hydrogens is 252 g/mol. The van der Waals surface area contributed by atoms with Gasteiger partial charge in [-0.1, -0.05) is 6.92 Å². The van der Waals surface area contributed by atoms with E-state index in [1.54, 1.807) is 4.90 Å². The van der Waals surface area contributed by atoms with Crippen molar-refractivity contribution in [2.75, 3.05) is 11.4 Å². The Balaban J connectivity index is 1.88. The summed E-state index contributed by atoms with van der Waals surface area (Å²) in [5, 5.41) is 0. The van der Waals surface area contributed by atoms with Crippen molar-refractivity contribution >= 4 is 11.8 Å². The van der Waals surface area contributed by atoms with Gasteiger partial charge in [-0.15, -0.1) is 0 Å². The van der Waals surface area contributed by atoms with E-state index in [0.717, 1.165) is 36.1 Å². The van der Waals surface area contributed by atoms with Gasteiger partial charge in [-0.25, -0.2) is 11.4 Å². The van der Waals surface area contributed by atoms with Gasteiger partial charge in [0.1, 0.15) is 6.10 Å². The Kier molecular flexibility index (Phi) is 2.93. The molecule has 0 radical (unpaired) electrons. The van der Waals surface area contributed by atoms with Crippen LogP contribution >= 0.6 is 0 Å². The molecule has 0 spiro atoms. The molecule has 1 aliphatic carbocycles. The van der Waals surface area contributed by atoms with Gasteiger partial charge in [0.25, 0.3) is 5.54 Å². The lowest BCUT2D eigenvalue weighted by molar-refractivity contribution is 0.139. The Morgan fingerprint density at radius 2 is 2.25 bits per heavy atom. The quantitative estimate of drug-likeness (QED) is 0.786.